The Morgan fingerprint density at radius 1 is 1.24 bits per heavy atom. The molecule has 1 heterocycles. The molecule has 6 heteroatoms. The normalized spacial score (nSPS) is 14.2. The summed E-state index contributed by atoms with van der Waals surface area (Å²) in [5, 5.41) is 5.58. The fourth-order valence-electron chi connectivity index (χ4n) is 2.70. The number of amides is 2. The Hall–Kier alpha value is -2.89. The third-order valence-corrected chi connectivity index (χ3v) is 4.23. The molecule has 1 fully saturated rings. The van der Waals surface area contributed by atoms with Gasteiger partial charge in [-0.15, -0.1) is 0 Å². The van der Waals surface area contributed by atoms with E-state index in [2.05, 4.69) is 10.6 Å². The smallest absolute Gasteiger partial charge is 0.251 e. The molecule has 0 atom stereocenters. The van der Waals surface area contributed by atoms with Gasteiger partial charge in [0.05, 0.1) is 6.54 Å². The minimum Gasteiger partial charge on any atom is -0.360 e. The van der Waals surface area contributed by atoms with Gasteiger partial charge in [-0.3, -0.25) is 9.59 Å². The molecule has 0 unspecified atom stereocenters. The third-order valence-electron chi connectivity index (χ3n) is 4.23. The van der Waals surface area contributed by atoms with Gasteiger partial charge in [0.15, 0.2) is 0 Å². The van der Waals surface area contributed by atoms with Gasteiger partial charge in [0.2, 0.25) is 5.91 Å². The van der Waals surface area contributed by atoms with Crippen molar-refractivity contribution in [2.24, 2.45) is 0 Å². The summed E-state index contributed by atoms with van der Waals surface area (Å²) >= 11 is 0. The zero-order valence-electron chi connectivity index (χ0n) is 14.0. The molecule has 2 amide bonds. The Morgan fingerprint density at radius 2 is 2.00 bits per heavy atom. The van der Waals surface area contributed by atoms with Crippen molar-refractivity contribution in [3.63, 3.8) is 0 Å². The summed E-state index contributed by atoms with van der Waals surface area (Å²) < 4.78 is 13.5. The minimum absolute atomic E-state index is 0.0212. The van der Waals surface area contributed by atoms with Crippen LogP contribution in [0.5, 0.6) is 0 Å². The second-order valence-electron chi connectivity index (χ2n) is 6.08. The molecular weight excluding hydrogens is 321 g/mol. The van der Waals surface area contributed by atoms with Crippen molar-refractivity contribution in [3.8, 4) is 0 Å². The van der Waals surface area contributed by atoms with Gasteiger partial charge in [-0.2, -0.15) is 0 Å². The van der Waals surface area contributed by atoms with Crippen LogP contribution in [0.3, 0.4) is 0 Å². The van der Waals surface area contributed by atoms with E-state index in [1.54, 1.807) is 19.1 Å². The molecular formula is C19H20FN3O2. The first-order valence-corrected chi connectivity index (χ1v) is 8.18. The predicted octanol–water partition coefficient (Wildman–Crippen LogP) is 2.00. The van der Waals surface area contributed by atoms with Crippen LogP contribution in [0.25, 0.3) is 0 Å². The van der Waals surface area contributed by atoms with E-state index < -0.39 is 0 Å². The first-order valence-electron chi connectivity index (χ1n) is 8.18. The van der Waals surface area contributed by atoms with Crippen LogP contribution in [0, 0.1) is 12.7 Å². The van der Waals surface area contributed by atoms with Crippen molar-refractivity contribution in [2.75, 3.05) is 24.5 Å². The highest BCUT2D eigenvalue weighted by Crippen LogP contribution is 2.16. The first kappa shape index (κ1) is 17.0. The summed E-state index contributed by atoms with van der Waals surface area (Å²) in [7, 11) is 0. The van der Waals surface area contributed by atoms with Gasteiger partial charge in [0, 0.05) is 30.9 Å². The predicted molar refractivity (Wildman–Crippen MR) is 94.0 cm³/mol. The number of anilines is 1. The maximum atomic E-state index is 13.5. The summed E-state index contributed by atoms with van der Waals surface area (Å²) in [4.78, 5) is 25.6. The van der Waals surface area contributed by atoms with E-state index in [1.807, 2.05) is 29.2 Å². The largest absolute Gasteiger partial charge is 0.360 e. The van der Waals surface area contributed by atoms with E-state index in [-0.39, 0.29) is 17.6 Å². The molecule has 3 rings (SSSR count). The van der Waals surface area contributed by atoms with Crippen LogP contribution in [0.4, 0.5) is 10.1 Å². The van der Waals surface area contributed by atoms with Crippen LogP contribution in [-0.2, 0) is 11.3 Å². The van der Waals surface area contributed by atoms with Crippen LogP contribution in [0.15, 0.2) is 42.5 Å². The van der Waals surface area contributed by atoms with Crippen molar-refractivity contribution in [1.82, 2.24) is 10.6 Å². The molecule has 1 aliphatic rings. The third kappa shape index (κ3) is 4.15. The van der Waals surface area contributed by atoms with E-state index in [0.29, 0.717) is 30.8 Å². The number of rotatable bonds is 4. The topological polar surface area (TPSA) is 61.4 Å². The van der Waals surface area contributed by atoms with Crippen molar-refractivity contribution in [2.45, 2.75) is 13.5 Å². The molecule has 2 aromatic carbocycles. The molecule has 0 bridgehead atoms. The number of carbonyl (C=O) groups excluding carboxylic acids is 2. The van der Waals surface area contributed by atoms with Crippen LogP contribution in [0.1, 0.15) is 21.5 Å². The fourth-order valence-corrected chi connectivity index (χ4v) is 2.70. The second kappa shape index (κ2) is 7.34. The number of hydrogen-bond acceptors (Lipinski definition) is 3. The molecule has 25 heavy (non-hydrogen) atoms. The van der Waals surface area contributed by atoms with Gasteiger partial charge in [-0.1, -0.05) is 18.2 Å². The maximum absolute atomic E-state index is 13.5. The lowest BCUT2D eigenvalue weighted by Crippen LogP contribution is -2.47. The second-order valence-corrected chi connectivity index (χ2v) is 6.08. The average Bonchev–Trinajstić information content (AvgIpc) is 2.62. The summed E-state index contributed by atoms with van der Waals surface area (Å²) in [5.41, 5.74) is 2.73. The van der Waals surface area contributed by atoms with E-state index in [0.717, 1.165) is 17.8 Å². The SMILES string of the molecule is Cc1ccc(C(=O)NCc2ccc(N3CCNC(=O)C3)cc2)cc1F. The standard InChI is InChI=1S/C19H20FN3O2/c1-13-2-5-15(10-17(13)20)19(25)22-11-14-3-6-16(7-4-14)23-9-8-21-18(24)12-23/h2-7,10H,8-9,11-12H2,1H3,(H,21,24)(H,22,25). The number of nitrogens with zero attached hydrogens (tertiary/aromatic N) is 1. The zero-order valence-corrected chi connectivity index (χ0v) is 14.0. The number of nitrogens with one attached hydrogen (secondary N) is 2. The molecule has 0 radical (unpaired) electrons. The highest BCUT2D eigenvalue weighted by molar-refractivity contribution is 5.94. The van der Waals surface area contributed by atoms with Crippen molar-refractivity contribution < 1.29 is 14.0 Å². The van der Waals surface area contributed by atoms with Gasteiger partial charge >= 0.3 is 0 Å². The Bertz CT molecular complexity index is 790. The summed E-state index contributed by atoms with van der Waals surface area (Å²) in [6.07, 6.45) is 0. The molecule has 1 saturated heterocycles. The van der Waals surface area contributed by atoms with Crippen LogP contribution >= 0.6 is 0 Å². The Morgan fingerprint density at radius 3 is 2.68 bits per heavy atom. The molecule has 1 aliphatic heterocycles. The number of aryl methyl sites for hydroxylation is 1. The molecule has 0 aromatic heterocycles. The maximum Gasteiger partial charge on any atom is 0.251 e. The highest BCUT2D eigenvalue weighted by atomic mass is 19.1. The Labute approximate surface area is 145 Å². The van der Waals surface area contributed by atoms with Crippen molar-refractivity contribution in [1.29, 1.82) is 0 Å². The minimum atomic E-state index is -0.387. The molecule has 0 spiro atoms. The van der Waals surface area contributed by atoms with Gasteiger partial charge < -0.3 is 15.5 Å². The fraction of sp³-hybridized carbons (Fsp3) is 0.263. The van der Waals surface area contributed by atoms with E-state index in [9.17, 15) is 14.0 Å². The quantitative estimate of drug-likeness (QED) is 0.894. The van der Waals surface area contributed by atoms with E-state index >= 15 is 0 Å². The van der Waals surface area contributed by atoms with Crippen molar-refractivity contribution in [3.05, 3.63) is 65.0 Å². The van der Waals surface area contributed by atoms with Gasteiger partial charge in [0.25, 0.3) is 5.91 Å². The van der Waals surface area contributed by atoms with Crippen LogP contribution in [0.2, 0.25) is 0 Å². The number of carbonyl (C=O) groups is 2. The molecule has 2 aromatic rings. The van der Waals surface area contributed by atoms with Crippen LogP contribution < -0.4 is 15.5 Å². The molecule has 0 aliphatic carbocycles. The van der Waals surface area contributed by atoms with Gasteiger partial charge in [-0.25, -0.2) is 4.39 Å². The molecule has 130 valence electrons. The summed E-state index contributed by atoms with van der Waals surface area (Å²) in [5.74, 6) is -0.675. The molecule has 0 saturated carbocycles. The molecule has 5 nitrogen and oxygen atoms in total. The van der Waals surface area contributed by atoms with Crippen LogP contribution in [-0.4, -0.2) is 31.4 Å². The van der Waals surface area contributed by atoms with E-state index in [4.69, 9.17) is 0 Å². The summed E-state index contributed by atoms with van der Waals surface area (Å²) in [6, 6.07) is 12.1. The summed E-state index contributed by atoms with van der Waals surface area (Å²) in [6.45, 7) is 3.79. The first-order chi connectivity index (χ1) is 12.0. The lowest BCUT2D eigenvalue weighted by molar-refractivity contribution is -0.120. The zero-order chi connectivity index (χ0) is 17.8. The average molecular weight is 341 g/mol. The van der Waals surface area contributed by atoms with Gasteiger partial charge in [-0.05, 0) is 42.3 Å². The number of piperazine rings is 1. The van der Waals surface area contributed by atoms with Gasteiger partial charge in [0.1, 0.15) is 5.82 Å². The monoisotopic (exact) mass is 341 g/mol. The lowest BCUT2D eigenvalue weighted by Gasteiger charge is -2.28. The Balaban J connectivity index is 1.58. The van der Waals surface area contributed by atoms with E-state index in [1.165, 1.54) is 6.07 Å². The van der Waals surface area contributed by atoms with Crippen molar-refractivity contribution >= 4 is 17.5 Å². The highest BCUT2D eigenvalue weighted by Gasteiger charge is 2.16. The Kier molecular flexibility index (Phi) is 4.97. The molecule has 2 N–H and O–H groups in total. The number of hydrogen-bond donors (Lipinski definition) is 2. The number of benzene rings is 2. The lowest BCUT2D eigenvalue weighted by atomic mass is 10.1. The number of halogens is 1.